The predicted molar refractivity (Wildman–Crippen MR) is 134 cm³/mol. The van der Waals surface area contributed by atoms with Crippen molar-refractivity contribution in [3.8, 4) is 0 Å². The summed E-state index contributed by atoms with van der Waals surface area (Å²) in [6, 6.07) is 1.82. The fraction of sp³-hybridized carbons (Fsp3) is 0.500. The van der Waals surface area contributed by atoms with Crippen LogP contribution in [0.3, 0.4) is 0 Å². The molecule has 186 valence electrons. The number of nitrogens with one attached hydrogen (secondary N) is 1. The first-order valence-corrected chi connectivity index (χ1v) is 14.0. The Labute approximate surface area is 205 Å². The van der Waals surface area contributed by atoms with Gasteiger partial charge in [-0.3, -0.25) is 9.20 Å². The third-order valence-electron chi connectivity index (χ3n) is 7.65. The molecule has 35 heavy (non-hydrogen) atoms. The Kier molecular flexibility index (Phi) is 6.29. The first-order chi connectivity index (χ1) is 16.9. The molecule has 0 radical (unpaired) electrons. The molecule has 3 aromatic heterocycles. The van der Waals surface area contributed by atoms with Crippen LogP contribution in [0.5, 0.6) is 0 Å². The van der Waals surface area contributed by atoms with Gasteiger partial charge >= 0.3 is 5.97 Å². The molecule has 1 N–H and O–H groups in total. The Balaban J connectivity index is 1.71. The Morgan fingerprint density at radius 3 is 2.80 bits per heavy atom. The van der Waals surface area contributed by atoms with E-state index in [0.29, 0.717) is 35.4 Å². The number of hydrogen-bond donors (Lipinski definition) is 1. The zero-order chi connectivity index (χ0) is 24.6. The Morgan fingerprint density at radius 2 is 2.06 bits per heavy atom. The third-order valence-corrected chi connectivity index (χ3v) is 10.2. The molecule has 0 aromatic carbocycles. The molecule has 0 saturated heterocycles. The SMILES string of the molecule is CCOC(=O)CCc1nc(S(=O)(=O)C2(C3CCCCC3)CC=CC=C2C)n2c1cnc1[nH]ccc12. The lowest BCUT2D eigenvalue weighted by Gasteiger charge is -2.43. The van der Waals surface area contributed by atoms with E-state index in [0.717, 1.165) is 37.7 Å². The smallest absolute Gasteiger partial charge is 0.306 e. The van der Waals surface area contributed by atoms with Gasteiger partial charge in [-0.15, -0.1) is 0 Å². The molecule has 1 atom stereocenters. The first kappa shape index (κ1) is 23.8. The van der Waals surface area contributed by atoms with E-state index < -0.39 is 14.6 Å². The van der Waals surface area contributed by atoms with E-state index >= 15 is 0 Å². The van der Waals surface area contributed by atoms with Gasteiger partial charge in [-0.25, -0.2) is 18.4 Å². The van der Waals surface area contributed by atoms with Crippen molar-refractivity contribution < 1.29 is 17.9 Å². The molecule has 1 fully saturated rings. The van der Waals surface area contributed by atoms with E-state index in [2.05, 4.69) is 9.97 Å². The molecule has 1 saturated carbocycles. The second-order valence-electron chi connectivity index (χ2n) is 9.55. The molecule has 3 aromatic rings. The Morgan fingerprint density at radius 1 is 1.26 bits per heavy atom. The van der Waals surface area contributed by atoms with E-state index in [1.54, 1.807) is 23.7 Å². The van der Waals surface area contributed by atoms with Gasteiger partial charge in [-0.05, 0) is 45.1 Å². The largest absolute Gasteiger partial charge is 0.466 e. The number of nitrogens with zero attached hydrogens (tertiary/aromatic N) is 3. The van der Waals surface area contributed by atoms with Crippen LogP contribution in [-0.2, 0) is 25.8 Å². The highest BCUT2D eigenvalue weighted by atomic mass is 32.2. The van der Waals surface area contributed by atoms with Crippen molar-refractivity contribution in [3.63, 3.8) is 0 Å². The number of aromatic nitrogens is 4. The van der Waals surface area contributed by atoms with Gasteiger partial charge in [0.05, 0.1) is 36.0 Å². The number of aryl methyl sites for hydroxylation is 1. The fourth-order valence-corrected chi connectivity index (χ4v) is 8.39. The number of carbonyl (C=O) groups is 1. The molecule has 0 bridgehead atoms. The van der Waals surface area contributed by atoms with Crippen LogP contribution >= 0.6 is 0 Å². The third kappa shape index (κ3) is 3.80. The summed E-state index contributed by atoms with van der Waals surface area (Å²) in [7, 11) is -3.92. The van der Waals surface area contributed by atoms with Gasteiger partial charge in [-0.2, -0.15) is 0 Å². The molecule has 0 amide bonds. The first-order valence-electron chi connectivity index (χ1n) is 12.5. The molecular weight excluding hydrogens is 464 g/mol. The molecule has 1 unspecified atom stereocenters. The fourth-order valence-electron chi connectivity index (χ4n) is 5.92. The van der Waals surface area contributed by atoms with Gasteiger partial charge in [0, 0.05) is 12.6 Å². The van der Waals surface area contributed by atoms with Gasteiger partial charge in [-0.1, -0.05) is 43.1 Å². The zero-order valence-corrected chi connectivity index (χ0v) is 21.1. The summed E-state index contributed by atoms with van der Waals surface area (Å²) < 4.78 is 35.3. The Hall–Kier alpha value is -2.94. The second kappa shape index (κ2) is 9.26. The highest BCUT2D eigenvalue weighted by molar-refractivity contribution is 7.93. The average Bonchev–Trinajstić information content (AvgIpc) is 3.48. The summed E-state index contributed by atoms with van der Waals surface area (Å²) >= 11 is 0. The van der Waals surface area contributed by atoms with Crippen LogP contribution in [0.25, 0.3) is 16.7 Å². The number of esters is 1. The van der Waals surface area contributed by atoms with Crippen LogP contribution in [-0.4, -0.2) is 45.1 Å². The molecule has 2 aliphatic carbocycles. The number of fused-ring (bicyclic) bond motifs is 3. The van der Waals surface area contributed by atoms with E-state index in [4.69, 9.17) is 9.72 Å². The predicted octanol–water partition coefficient (Wildman–Crippen LogP) is 4.71. The van der Waals surface area contributed by atoms with Crippen LogP contribution in [0.4, 0.5) is 0 Å². The van der Waals surface area contributed by atoms with Crippen molar-refractivity contribution in [2.45, 2.75) is 75.1 Å². The molecule has 0 spiro atoms. The quantitative estimate of drug-likeness (QED) is 0.475. The summed E-state index contributed by atoms with van der Waals surface area (Å²) in [6.45, 7) is 4.01. The minimum Gasteiger partial charge on any atom is -0.466 e. The maximum Gasteiger partial charge on any atom is 0.306 e. The number of imidazole rings is 1. The van der Waals surface area contributed by atoms with E-state index in [1.807, 2.05) is 31.2 Å². The van der Waals surface area contributed by atoms with Gasteiger partial charge in [0.2, 0.25) is 15.0 Å². The van der Waals surface area contributed by atoms with Crippen molar-refractivity contribution in [1.82, 2.24) is 19.4 Å². The topological polar surface area (TPSA) is 106 Å². The number of H-pyrrole nitrogens is 1. The summed E-state index contributed by atoms with van der Waals surface area (Å²) in [4.78, 5) is 24.3. The van der Waals surface area contributed by atoms with E-state index in [-0.39, 0.29) is 29.9 Å². The molecule has 8 nitrogen and oxygen atoms in total. The lowest BCUT2D eigenvalue weighted by atomic mass is 9.73. The highest BCUT2D eigenvalue weighted by Crippen LogP contribution is 2.49. The van der Waals surface area contributed by atoms with Gasteiger partial charge < -0.3 is 9.72 Å². The standard InChI is InChI=1S/C26H32N4O4S/c1-3-34-23(31)13-12-20-22-17-28-24-21(14-16-27-24)30(22)25(29-20)35(32,33)26(15-8-7-9-18(26)2)19-10-5-4-6-11-19/h7-9,14,16-17,19,27H,3-6,10-13,15H2,1-2H3. The minimum absolute atomic E-state index is 0.0290. The van der Waals surface area contributed by atoms with Gasteiger partial charge in [0.25, 0.3) is 0 Å². The number of hydrogen-bond acceptors (Lipinski definition) is 6. The van der Waals surface area contributed by atoms with Crippen LogP contribution in [0.2, 0.25) is 0 Å². The lowest BCUT2D eigenvalue weighted by molar-refractivity contribution is -0.143. The summed E-state index contributed by atoms with van der Waals surface area (Å²) in [5.74, 6) is -0.301. The van der Waals surface area contributed by atoms with Gasteiger partial charge in [0.15, 0.2) is 5.65 Å². The van der Waals surface area contributed by atoms with Crippen LogP contribution < -0.4 is 0 Å². The molecule has 9 heteroatoms. The number of carbonyl (C=O) groups excluding carboxylic acids is 1. The molecule has 5 rings (SSSR count). The summed E-state index contributed by atoms with van der Waals surface area (Å²) in [6.07, 6.45) is 15.1. The molecule has 3 heterocycles. The summed E-state index contributed by atoms with van der Waals surface area (Å²) in [5.41, 5.74) is 3.26. The normalized spacial score (nSPS) is 21.5. The maximum absolute atomic E-state index is 14.8. The summed E-state index contributed by atoms with van der Waals surface area (Å²) in [5, 5.41) is 0.0342. The number of ether oxygens (including phenoxy) is 1. The Bertz CT molecular complexity index is 1430. The molecular formula is C26H32N4O4S. The van der Waals surface area contributed by atoms with E-state index in [1.165, 1.54) is 0 Å². The average molecular weight is 497 g/mol. The van der Waals surface area contributed by atoms with Crippen molar-refractivity contribution >= 4 is 32.5 Å². The van der Waals surface area contributed by atoms with Crippen LogP contribution in [0.1, 0.15) is 64.5 Å². The van der Waals surface area contributed by atoms with Crippen LogP contribution in [0.15, 0.2) is 47.4 Å². The van der Waals surface area contributed by atoms with Crippen molar-refractivity contribution in [1.29, 1.82) is 0 Å². The zero-order valence-electron chi connectivity index (χ0n) is 20.3. The van der Waals surface area contributed by atoms with Crippen LogP contribution in [0, 0.1) is 5.92 Å². The number of sulfone groups is 1. The van der Waals surface area contributed by atoms with Crippen molar-refractivity contribution in [3.05, 3.63) is 48.0 Å². The highest BCUT2D eigenvalue weighted by Gasteiger charge is 2.53. The maximum atomic E-state index is 14.8. The van der Waals surface area contributed by atoms with Crippen molar-refractivity contribution in [2.24, 2.45) is 5.92 Å². The molecule has 0 aliphatic heterocycles. The number of rotatable bonds is 7. The van der Waals surface area contributed by atoms with E-state index in [9.17, 15) is 13.2 Å². The van der Waals surface area contributed by atoms with Gasteiger partial charge in [0.1, 0.15) is 4.75 Å². The number of allylic oxidation sites excluding steroid dienone is 3. The molecule has 2 aliphatic rings. The minimum atomic E-state index is -3.92. The lowest BCUT2D eigenvalue weighted by Crippen LogP contribution is -2.48. The monoisotopic (exact) mass is 496 g/mol. The number of aromatic amines is 1. The second-order valence-corrected chi connectivity index (χ2v) is 11.6. The van der Waals surface area contributed by atoms with Crippen molar-refractivity contribution in [2.75, 3.05) is 6.61 Å².